The largest absolute Gasteiger partial charge is 0.753 e. The molecule has 2 rings (SSSR count). The van der Waals surface area contributed by atoms with Crippen molar-refractivity contribution in [2.45, 2.75) is 60.2 Å². The SMILES string of the molecule is CCCC[n+]1ccn(CC)c1.CCn1cc[n+](C)c1C.[N-]=C=S.[N-]=C=S. The molecule has 0 amide bonds. The van der Waals surface area contributed by atoms with E-state index < -0.39 is 0 Å². The van der Waals surface area contributed by atoms with Gasteiger partial charge in [-0.05, 0) is 20.3 Å². The second kappa shape index (κ2) is 17.8. The summed E-state index contributed by atoms with van der Waals surface area (Å²) in [5, 5.41) is 16.9. The summed E-state index contributed by atoms with van der Waals surface area (Å²) < 4.78 is 8.76. The molecule has 0 unspecified atom stereocenters. The molecule has 0 saturated heterocycles. The van der Waals surface area contributed by atoms with Crippen molar-refractivity contribution < 1.29 is 9.13 Å². The maximum absolute atomic E-state index is 7.13. The molecule has 0 aliphatic rings. The molecule has 2 heterocycles. The predicted octanol–water partition coefficient (Wildman–Crippen LogP) is 3.55. The Morgan fingerprint density at radius 2 is 1.62 bits per heavy atom. The Bertz CT molecular complexity index is 651. The Balaban J connectivity index is 0. The lowest BCUT2D eigenvalue weighted by molar-refractivity contribution is -0.696. The van der Waals surface area contributed by atoms with Crippen LogP contribution in [0.25, 0.3) is 10.8 Å². The molecule has 8 heteroatoms. The van der Waals surface area contributed by atoms with Crippen LogP contribution in [0, 0.1) is 6.92 Å². The van der Waals surface area contributed by atoms with E-state index in [0.717, 1.165) is 19.6 Å². The minimum Gasteiger partial charge on any atom is -0.753 e. The van der Waals surface area contributed by atoms with E-state index in [1.54, 1.807) is 0 Å². The van der Waals surface area contributed by atoms with E-state index in [2.05, 4.69) is 109 Å². The summed E-state index contributed by atoms with van der Waals surface area (Å²) in [5.74, 6) is 1.30. The second-order valence-electron chi connectivity index (χ2n) is 5.26. The highest BCUT2D eigenvalue weighted by Gasteiger charge is 2.04. The summed E-state index contributed by atoms with van der Waals surface area (Å²) in [6.07, 6.45) is 13.1. The minimum atomic E-state index is 1.06. The highest BCUT2D eigenvalue weighted by atomic mass is 32.1. The molecule has 0 aliphatic carbocycles. The summed E-state index contributed by atoms with van der Waals surface area (Å²) in [7, 11) is 2.06. The molecule has 6 nitrogen and oxygen atoms in total. The zero-order chi connectivity index (χ0) is 20.4. The number of nitrogens with zero attached hydrogens (tertiary/aromatic N) is 6. The van der Waals surface area contributed by atoms with Gasteiger partial charge in [-0.2, -0.15) is 10.3 Å². The highest BCUT2D eigenvalue weighted by Crippen LogP contribution is 1.90. The van der Waals surface area contributed by atoms with Gasteiger partial charge in [-0.25, -0.2) is 18.3 Å². The molecule has 0 fully saturated rings. The first kappa shape index (κ1) is 26.3. The first-order valence-corrected chi connectivity index (χ1v) is 9.35. The summed E-state index contributed by atoms with van der Waals surface area (Å²) in [5.41, 5.74) is 0. The van der Waals surface area contributed by atoms with Gasteiger partial charge in [-0.3, -0.25) is 0 Å². The summed E-state index contributed by atoms with van der Waals surface area (Å²) in [4.78, 5) is 0. The molecule has 0 bridgehead atoms. The minimum absolute atomic E-state index is 1.06. The molecule has 144 valence electrons. The summed E-state index contributed by atoms with van der Waals surface area (Å²) in [6.45, 7) is 11.9. The third-order valence-electron chi connectivity index (χ3n) is 3.62. The molecule has 2 aromatic rings. The second-order valence-corrected chi connectivity index (χ2v) is 5.63. The quantitative estimate of drug-likeness (QED) is 0.442. The van der Waals surface area contributed by atoms with Gasteiger partial charge in [0.1, 0.15) is 24.8 Å². The number of imidazole rings is 2. The standard InChI is InChI=1S/C9H17N2.C7H13N2.2CNS/c1-3-5-6-11-8-7-10(4-2)9-11;1-4-9-6-5-8(3)7(9)2;2*2-1-3/h7-9H,3-6H2,1-2H3;5-6H,4H2,1-3H3;;/q2*+1;2*-1. The zero-order valence-electron chi connectivity index (χ0n) is 16.4. The number of unbranched alkanes of at least 4 members (excludes halogenated alkanes) is 1. The van der Waals surface area contributed by atoms with Gasteiger partial charge in [-0.15, -0.1) is 0 Å². The van der Waals surface area contributed by atoms with Crippen LogP contribution in [0.1, 0.15) is 39.4 Å². The van der Waals surface area contributed by atoms with Crippen LogP contribution in [-0.4, -0.2) is 19.5 Å². The maximum Gasteiger partial charge on any atom is 0.252 e. The van der Waals surface area contributed by atoms with Gasteiger partial charge in [0.25, 0.3) is 5.82 Å². The molecule has 0 atom stereocenters. The van der Waals surface area contributed by atoms with Crippen molar-refractivity contribution in [1.29, 1.82) is 0 Å². The molecule has 0 aromatic carbocycles. The van der Waals surface area contributed by atoms with Crippen LogP contribution in [0.3, 0.4) is 0 Å². The van der Waals surface area contributed by atoms with E-state index in [4.69, 9.17) is 10.8 Å². The molecular formula is C18H30N6S2. The van der Waals surface area contributed by atoms with Gasteiger partial charge in [-0.1, -0.05) is 37.8 Å². The Kier molecular flexibility index (Phi) is 18.0. The first-order valence-electron chi connectivity index (χ1n) is 8.54. The van der Waals surface area contributed by atoms with Crippen LogP contribution in [0.2, 0.25) is 0 Å². The van der Waals surface area contributed by atoms with Crippen molar-refractivity contribution in [2.24, 2.45) is 7.05 Å². The molecule has 26 heavy (non-hydrogen) atoms. The van der Waals surface area contributed by atoms with Crippen LogP contribution in [0.5, 0.6) is 0 Å². The van der Waals surface area contributed by atoms with Gasteiger partial charge in [0.05, 0.1) is 26.7 Å². The van der Waals surface area contributed by atoms with Crippen molar-refractivity contribution in [1.82, 2.24) is 9.13 Å². The fourth-order valence-corrected chi connectivity index (χ4v) is 2.03. The predicted molar refractivity (Wildman–Crippen MR) is 113 cm³/mol. The summed E-state index contributed by atoms with van der Waals surface area (Å²) >= 11 is 7.40. The number of aromatic nitrogens is 4. The average Bonchev–Trinajstić information content (AvgIpc) is 3.22. The lowest BCUT2D eigenvalue weighted by atomic mass is 10.3. The molecule has 0 N–H and O–H groups in total. The van der Waals surface area contributed by atoms with Crippen LogP contribution in [0.15, 0.2) is 31.1 Å². The fourth-order valence-electron chi connectivity index (χ4n) is 2.03. The monoisotopic (exact) mass is 394 g/mol. The van der Waals surface area contributed by atoms with E-state index in [0.29, 0.717) is 0 Å². The normalized spacial score (nSPS) is 8.50. The van der Waals surface area contributed by atoms with Crippen molar-refractivity contribution in [3.8, 4) is 0 Å². The number of rotatable bonds is 5. The van der Waals surface area contributed by atoms with Crippen LogP contribution in [-0.2, 0) is 26.7 Å². The van der Waals surface area contributed by atoms with E-state index >= 15 is 0 Å². The maximum atomic E-state index is 7.13. The lowest BCUT2D eigenvalue weighted by Crippen LogP contribution is -2.30. The number of hydrogen-bond donors (Lipinski definition) is 0. The van der Waals surface area contributed by atoms with Crippen molar-refractivity contribution in [3.05, 3.63) is 47.8 Å². The third kappa shape index (κ3) is 12.4. The molecular weight excluding hydrogens is 364 g/mol. The Hall–Kier alpha value is -1.98. The molecule has 2 aromatic heterocycles. The fraction of sp³-hybridized carbons (Fsp3) is 0.556. The van der Waals surface area contributed by atoms with E-state index in [1.165, 1.54) is 29.0 Å². The van der Waals surface area contributed by atoms with Gasteiger partial charge >= 0.3 is 0 Å². The van der Waals surface area contributed by atoms with Crippen LogP contribution < -0.4 is 9.13 Å². The van der Waals surface area contributed by atoms with Crippen LogP contribution >= 0.6 is 24.4 Å². The molecule has 0 radical (unpaired) electrons. The number of thiocarbonyl (C=S) groups is 2. The number of aryl methyl sites for hydroxylation is 4. The van der Waals surface area contributed by atoms with Crippen LogP contribution in [0.4, 0.5) is 0 Å². The molecule has 0 spiro atoms. The Morgan fingerprint density at radius 3 is 1.92 bits per heavy atom. The Labute approximate surface area is 168 Å². The van der Waals surface area contributed by atoms with Gasteiger partial charge in [0.2, 0.25) is 6.33 Å². The van der Waals surface area contributed by atoms with Gasteiger partial charge in [0, 0.05) is 6.92 Å². The third-order valence-corrected chi connectivity index (χ3v) is 3.62. The van der Waals surface area contributed by atoms with E-state index in [1.807, 2.05) is 0 Å². The van der Waals surface area contributed by atoms with Crippen molar-refractivity contribution in [3.63, 3.8) is 0 Å². The first-order chi connectivity index (χ1) is 12.4. The zero-order valence-corrected chi connectivity index (χ0v) is 18.1. The summed E-state index contributed by atoms with van der Waals surface area (Å²) in [6, 6.07) is 0. The van der Waals surface area contributed by atoms with Gasteiger partial charge in [0.15, 0.2) is 0 Å². The van der Waals surface area contributed by atoms with E-state index in [-0.39, 0.29) is 0 Å². The molecule has 0 aliphatic heterocycles. The van der Waals surface area contributed by atoms with E-state index in [9.17, 15) is 0 Å². The lowest BCUT2D eigenvalue weighted by Gasteiger charge is -1.91. The molecule has 0 saturated carbocycles. The number of isothiocyanates is 2. The smallest absolute Gasteiger partial charge is 0.252 e. The topological polar surface area (TPSA) is 62.2 Å². The highest BCUT2D eigenvalue weighted by molar-refractivity contribution is 7.78. The van der Waals surface area contributed by atoms with Crippen molar-refractivity contribution >= 4 is 34.8 Å². The average molecular weight is 395 g/mol. The Morgan fingerprint density at radius 1 is 1.04 bits per heavy atom. The number of hydrogen-bond acceptors (Lipinski definition) is 2. The van der Waals surface area contributed by atoms with Crippen molar-refractivity contribution in [2.75, 3.05) is 0 Å². The van der Waals surface area contributed by atoms with Gasteiger partial charge < -0.3 is 10.8 Å².